The van der Waals surface area contributed by atoms with Gasteiger partial charge in [0.1, 0.15) is 11.4 Å². The minimum atomic E-state index is -0.317. The van der Waals surface area contributed by atoms with Gasteiger partial charge in [-0.05, 0) is 62.2 Å². The van der Waals surface area contributed by atoms with Gasteiger partial charge >= 0.3 is 0 Å². The van der Waals surface area contributed by atoms with Crippen molar-refractivity contribution in [3.63, 3.8) is 0 Å². The first kappa shape index (κ1) is 20.8. The molecule has 1 aromatic heterocycles. The largest absolute Gasteiger partial charge is 0.504 e. The highest BCUT2D eigenvalue weighted by Gasteiger charge is 2.42. The number of ether oxygens (including phenoxy) is 2. The van der Waals surface area contributed by atoms with Crippen LogP contribution in [-0.4, -0.2) is 45.9 Å². The van der Waals surface area contributed by atoms with Gasteiger partial charge < -0.3 is 19.5 Å². The molecule has 0 radical (unpaired) electrons. The highest BCUT2D eigenvalue weighted by Crippen LogP contribution is 2.44. The van der Waals surface area contributed by atoms with E-state index in [4.69, 9.17) is 9.47 Å². The van der Waals surface area contributed by atoms with Crippen molar-refractivity contribution >= 4 is 5.91 Å². The van der Waals surface area contributed by atoms with Crippen molar-refractivity contribution in [1.29, 1.82) is 0 Å². The van der Waals surface area contributed by atoms with E-state index in [0.29, 0.717) is 31.2 Å². The average molecular weight is 421 g/mol. The number of aromatic nitrogens is 2. The quantitative estimate of drug-likeness (QED) is 0.558. The number of aromatic amines is 1. The van der Waals surface area contributed by atoms with E-state index in [1.807, 2.05) is 62.1 Å². The first-order chi connectivity index (χ1) is 15.1. The number of rotatable bonds is 8. The summed E-state index contributed by atoms with van der Waals surface area (Å²) in [6, 6.07) is 12.7. The lowest BCUT2D eigenvalue weighted by atomic mass is 9.95. The third-order valence-corrected chi connectivity index (χ3v) is 5.37. The number of carbonyl (C=O) groups is 1. The molecule has 0 aliphatic carbocycles. The van der Waals surface area contributed by atoms with Gasteiger partial charge in [0.05, 0.1) is 24.9 Å². The van der Waals surface area contributed by atoms with Crippen LogP contribution >= 0.6 is 0 Å². The average Bonchev–Trinajstić information content (AvgIpc) is 3.31. The number of benzene rings is 2. The molecule has 2 N–H and O–H groups in total. The van der Waals surface area contributed by atoms with Crippen LogP contribution in [0.15, 0.2) is 42.5 Å². The number of phenolic OH excluding ortho intramolecular Hbond substituents is 1. The van der Waals surface area contributed by atoms with Gasteiger partial charge in [0.25, 0.3) is 5.91 Å². The maximum absolute atomic E-state index is 13.2. The second-order valence-electron chi connectivity index (χ2n) is 7.38. The van der Waals surface area contributed by atoms with Crippen LogP contribution in [0.4, 0.5) is 0 Å². The van der Waals surface area contributed by atoms with E-state index in [-0.39, 0.29) is 17.7 Å². The molecule has 1 aliphatic heterocycles. The smallest absolute Gasteiger partial charge is 0.273 e. The van der Waals surface area contributed by atoms with E-state index in [1.165, 1.54) is 0 Å². The van der Waals surface area contributed by atoms with Crippen LogP contribution in [0.5, 0.6) is 17.2 Å². The summed E-state index contributed by atoms with van der Waals surface area (Å²) in [5, 5.41) is 17.6. The molecule has 0 fully saturated rings. The zero-order chi connectivity index (χ0) is 22.0. The lowest BCUT2D eigenvalue weighted by Gasteiger charge is -2.26. The number of fused-ring (bicyclic) bond motifs is 1. The molecule has 4 rings (SSSR count). The summed E-state index contributed by atoms with van der Waals surface area (Å²) >= 11 is 0. The Labute approximate surface area is 181 Å². The lowest BCUT2D eigenvalue weighted by Crippen LogP contribution is -2.30. The molecule has 1 atom stereocenters. The van der Waals surface area contributed by atoms with Crippen LogP contribution in [0.2, 0.25) is 0 Å². The van der Waals surface area contributed by atoms with Gasteiger partial charge in [0, 0.05) is 17.7 Å². The second kappa shape index (κ2) is 8.71. The van der Waals surface area contributed by atoms with Gasteiger partial charge in [-0.3, -0.25) is 9.89 Å². The predicted octanol–water partition coefficient (Wildman–Crippen LogP) is 4.53. The van der Waals surface area contributed by atoms with Crippen molar-refractivity contribution < 1.29 is 19.4 Å². The molecule has 162 valence electrons. The van der Waals surface area contributed by atoms with Gasteiger partial charge in [0.15, 0.2) is 11.5 Å². The summed E-state index contributed by atoms with van der Waals surface area (Å²) in [6.07, 6.45) is 0.828. The number of amides is 1. The monoisotopic (exact) mass is 421 g/mol. The predicted molar refractivity (Wildman–Crippen MR) is 118 cm³/mol. The lowest BCUT2D eigenvalue weighted by molar-refractivity contribution is 0.0743. The molecule has 7 heteroatoms. The molecular weight excluding hydrogens is 394 g/mol. The molecule has 0 spiro atoms. The third-order valence-electron chi connectivity index (χ3n) is 5.37. The van der Waals surface area contributed by atoms with E-state index in [0.717, 1.165) is 34.6 Å². The van der Waals surface area contributed by atoms with E-state index in [1.54, 1.807) is 6.07 Å². The van der Waals surface area contributed by atoms with Gasteiger partial charge in [-0.15, -0.1) is 0 Å². The molecule has 2 heterocycles. The molecule has 31 heavy (non-hydrogen) atoms. The van der Waals surface area contributed by atoms with Crippen molar-refractivity contribution in [2.45, 2.75) is 33.2 Å². The zero-order valence-electron chi connectivity index (χ0n) is 18.0. The number of hydrogen-bond acceptors (Lipinski definition) is 5. The summed E-state index contributed by atoms with van der Waals surface area (Å²) in [7, 11) is 0. The van der Waals surface area contributed by atoms with Crippen molar-refractivity contribution in [1.82, 2.24) is 15.1 Å². The maximum atomic E-state index is 13.2. The SMILES string of the molecule is CCCN1C(=O)c2[nH]nc(-c3ccc(OCC)cc3)c2C1c1ccc(O)c(OCC)c1. The van der Waals surface area contributed by atoms with Crippen LogP contribution in [-0.2, 0) is 0 Å². The summed E-state index contributed by atoms with van der Waals surface area (Å²) in [5.41, 5.74) is 3.86. The number of H-pyrrole nitrogens is 1. The minimum absolute atomic E-state index is 0.0717. The molecule has 7 nitrogen and oxygen atoms in total. The van der Waals surface area contributed by atoms with Crippen LogP contribution in [0.25, 0.3) is 11.3 Å². The molecule has 3 aromatic rings. The van der Waals surface area contributed by atoms with E-state index < -0.39 is 0 Å². The fourth-order valence-electron chi connectivity index (χ4n) is 4.08. The first-order valence-electron chi connectivity index (χ1n) is 10.7. The minimum Gasteiger partial charge on any atom is -0.504 e. The number of nitrogens with one attached hydrogen (secondary N) is 1. The van der Waals surface area contributed by atoms with Crippen molar-refractivity contribution in [3.05, 3.63) is 59.3 Å². The van der Waals surface area contributed by atoms with Gasteiger partial charge in [0.2, 0.25) is 0 Å². The molecule has 0 saturated heterocycles. The summed E-state index contributed by atoms with van der Waals surface area (Å²) in [6.45, 7) is 7.51. The number of hydrogen-bond donors (Lipinski definition) is 2. The fourth-order valence-corrected chi connectivity index (χ4v) is 4.08. The van der Waals surface area contributed by atoms with Crippen molar-refractivity contribution in [2.24, 2.45) is 0 Å². The highest BCUT2D eigenvalue weighted by molar-refractivity contribution is 6.00. The van der Waals surface area contributed by atoms with Gasteiger partial charge in [-0.25, -0.2) is 0 Å². The maximum Gasteiger partial charge on any atom is 0.273 e. The van der Waals surface area contributed by atoms with Crippen LogP contribution in [0.3, 0.4) is 0 Å². The van der Waals surface area contributed by atoms with E-state index in [9.17, 15) is 9.90 Å². The Kier molecular flexibility index (Phi) is 5.84. The number of carbonyl (C=O) groups excluding carboxylic acids is 1. The normalized spacial score (nSPS) is 15.3. The molecule has 0 bridgehead atoms. The Balaban J connectivity index is 1.82. The molecule has 1 aliphatic rings. The first-order valence-corrected chi connectivity index (χ1v) is 10.7. The number of aromatic hydroxyl groups is 1. The molecule has 1 unspecified atom stereocenters. The molecule has 1 amide bonds. The fraction of sp³-hybridized carbons (Fsp3) is 0.333. The molecular formula is C24H27N3O4. The Morgan fingerprint density at radius 1 is 1.06 bits per heavy atom. The Hall–Kier alpha value is -3.48. The van der Waals surface area contributed by atoms with Crippen molar-refractivity contribution in [2.75, 3.05) is 19.8 Å². The van der Waals surface area contributed by atoms with Gasteiger partial charge in [-0.1, -0.05) is 13.0 Å². The Bertz CT molecular complexity index is 1070. The standard InChI is InChI=1S/C24H27N3O4/c1-4-13-27-23(16-9-12-18(28)19(14-16)31-6-3)20-21(25-26-22(20)24(27)29)15-7-10-17(11-8-15)30-5-2/h7-12,14,23,28H,4-6,13H2,1-3H3,(H,25,26). The number of phenols is 1. The van der Waals surface area contributed by atoms with Crippen LogP contribution < -0.4 is 9.47 Å². The van der Waals surface area contributed by atoms with E-state index in [2.05, 4.69) is 10.2 Å². The van der Waals surface area contributed by atoms with E-state index >= 15 is 0 Å². The summed E-state index contributed by atoms with van der Waals surface area (Å²) < 4.78 is 11.1. The summed E-state index contributed by atoms with van der Waals surface area (Å²) in [5.74, 6) is 1.20. The number of nitrogens with zero attached hydrogens (tertiary/aromatic N) is 2. The van der Waals surface area contributed by atoms with Crippen LogP contribution in [0.1, 0.15) is 54.8 Å². The Morgan fingerprint density at radius 2 is 1.81 bits per heavy atom. The second-order valence-corrected chi connectivity index (χ2v) is 7.38. The van der Waals surface area contributed by atoms with Gasteiger partial charge in [-0.2, -0.15) is 5.10 Å². The van der Waals surface area contributed by atoms with Crippen molar-refractivity contribution in [3.8, 4) is 28.5 Å². The molecule has 2 aromatic carbocycles. The third kappa shape index (κ3) is 3.71. The topological polar surface area (TPSA) is 87.7 Å². The highest BCUT2D eigenvalue weighted by atomic mass is 16.5. The Morgan fingerprint density at radius 3 is 2.48 bits per heavy atom. The molecule has 0 saturated carbocycles. The zero-order valence-corrected chi connectivity index (χ0v) is 18.0. The van der Waals surface area contributed by atoms with Crippen LogP contribution in [0, 0.1) is 0 Å². The summed E-state index contributed by atoms with van der Waals surface area (Å²) in [4.78, 5) is 15.0.